The molecule has 1 unspecified atom stereocenters. The first-order valence-electron chi connectivity index (χ1n) is 6.64. The van der Waals surface area contributed by atoms with Gasteiger partial charge in [0.2, 0.25) is 0 Å². The van der Waals surface area contributed by atoms with Gasteiger partial charge in [-0.05, 0) is 19.4 Å². The standard InChI is InChI=1S/C15H19ClO5/c1-4-20-15(21-5-2)11-8-6-10(7-9-11)12(16)13(17)14(18)19-3/h6-9,12,15H,4-5H2,1-3H3. The van der Waals surface area contributed by atoms with E-state index >= 15 is 0 Å². The minimum absolute atomic E-state index is 0.459. The van der Waals surface area contributed by atoms with Crippen LogP contribution in [0.1, 0.15) is 36.6 Å². The molecule has 0 aliphatic heterocycles. The summed E-state index contributed by atoms with van der Waals surface area (Å²) < 4.78 is 15.3. The summed E-state index contributed by atoms with van der Waals surface area (Å²) in [5.74, 6) is -1.75. The number of rotatable bonds is 8. The van der Waals surface area contributed by atoms with Crippen molar-refractivity contribution < 1.29 is 23.8 Å². The lowest BCUT2D eigenvalue weighted by Crippen LogP contribution is -2.20. The molecule has 1 rings (SSSR count). The molecule has 0 saturated heterocycles. The number of halogens is 1. The van der Waals surface area contributed by atoms with Gasteiger partial charge in [0.1, 0.15) is 5.38 Å². The molecule has 5 nitrogen and oxygen atoms in total. The number of hydrogen-bond donors (Lipinski definition) is 0. The molecule has 0 aliphatic rings. The molecular weight excluding hydrogens is 296 g/mol. The van der Waals surface area contributed by atoms with E-state index in [4.69, 9.17) is 21.1 Å². The van der Waals surface area contributed by atoms with Crippen LogP contribution in [0.5, 0.6) is 0 Å². The zero-order chi connectivity index (χ0) is 15.8. The third-order valence-electron chi connectivity index (χ3n) is 2.75. The summed E-state index contributed by atoms with van der Waals surface area (Å²) in [5, 5.41) is -1.07. The first-order valence-corrected chi connectivity index (χ1v) is 7.08. The number of methoxy groups -OCH3 is 1. The fourth-order valence-corrected chi connectivity index (χ4v) is 1.96. The zero-order valence-electron chi connectivity index (χ0n) is 12.3. The molecule has 1 aromatic carbocycles. The first kappa shape index (κ1) is 17.6. The molecule has 0 aromatic heterocycles. The molecule has 0 fully saturated rings. The van der Waals surface area contributed by atoms with Gasteiger partial charge in [-0.1, -0.05) is 24.3 Å². The van der Waals surface area contributed by atoms with E-state index in [1.54, 1.807) is 24.3 Å². The van der Waals surface area contributed by atoms with E-state index in [1.807, 2.05) is 13.8 Å². The Morgan fingerprint density at radius 2 is 1.52 bits per heavy atom. The molecule has 0 spiro atoms. The third kappa shape index (κ3) is 4.81. The fraction of sp³-hybridized carbons (Fsp3) is 0.467. The van der Waals surface area contributed by atoms with E-state index < -0.39 is 23.4 Å². The van der Waals surface area contributed by atoms with Crippen LogP contribution in [0.3, 0.4) is 0 Å². The quantitative estimate of drug-likeness (QED) is 0.319. The van der Waals surface area contributed by atoms with E-state index in [2.05, 4.69) is 4.74 Å². The van der Waals surface area contributed by atoms with Crippen LogP contribution in [0.4, 0.5) is 0 Å². The average Bonchev–Trinajstić information content (AvgIpc) is 2.52. The van der Waals surface area contributed by atoms with Crippen molar-refractivity contribution in [3.63, 3.8) is 0 Å². The van der Waals surface area contributed by atoms with Gasteiger partial charge in [-0.2, -0.15) is 0 Å². The monoisotopic (exact) mass is 314 g/mol. The Kier molecular flexibility index (Phi) is 7.36. The van der Waals surface area contributed by atoms with Crippen molar-refractivity contribution in [2.24, 2.45) is 0 Å². The van der Waals surface area contributed by atoms with E-state index in [0.717, 1.165) is 12.7 Å². The topological polar surface area (TPSA) is 61.8 Å². The normalized spacial score (nSPS) is 12.2. The minimum Gasteiger partial charge on any atom is -0.463 e. The van der Waals surface area contributed by atoms with Crippen molar-refractivity contribution in [1.82, 2.24) is 0 Å². The summed E-state index contributed by atoms with van der Waals surface area (Å²) >= 11 is 5.97. The summed E-state index contributed by atoms with van der Waals surface area (Å²) in [5.41, 5.74) is 1.33. The van der Waals surface area contributed by atoms with Crippen molar-refractivity contribution in [3.05, 3.63) is 35.4 Å². The third-order valence-corrected chi connectivity index (χ3v) is 3.20. The van der Waals surface area contributed by atoms with Crippen molar-refractivity contribution in [3.8, 4) is 0 Å². The van der Waals surface area contributed by atoms with Crippen LogP contribution in [0, 0.1) is 0 Å². The van der Waals surface area contributed by atoms with Crippen molar-refractivity contribution in [2.75, 3.05) is 20.3 Å². The van der Waals surface area contributed by atoms with Crippen LogP contribution < -0.4 is 0 Å². The Bertz CT molecular complexity index is 465. The van der Waals surface area contributed by atoms with Gasteiger partial charge in [0.25, 0.3) is 5.78 Å². The Morgan fingerprint density at radius 1 is 1.05 bits per heavy atom. The molecule has 0 bridgehead atoms. The van der Waals surface area contributed by atoms with Crippen molar-refractivity contribution >= 4 is 23.4 Å². The Labute approximate surface area is 129 Å². The molecule has 116 valence electrons. The molecule has 6 heteroatoms. The number of benzene rings is 1. The van der Waals surface area contributed by atoms with Crippen LogP contribution in [0.2, 0.25) is 0 Å². The molecule has 0 aliphatic carbocycles. The van der Waals surface area contributed by atoms with E-state index in [-0.39, 0.29) is 0 Å². The van der Waals surface area contributed by atoms with E-state index in [1.165, 1.54) is 0 Å². The number of carbonyl (C=O) groups excluding carboxylic acids is 2. The second kappa shape index (κ2) is 8.77. The van der Waals surface area contributed by atoms with E-state index in [9.17, 15) is 9.59 Å². The van der Waals surface area contributed by atoms with Crippen LogP contribution in [0.25, 0.3) is 0 Å². The number of esters is 1. The zero-order valence-corrected chi connectivity index (χ0v) is 13.1. The minimum atomic E-state index is -1.07. The van der Waals surface area contributed by atoms with Gasteiger partial charge in [-0.3, -0.25) is 4.79 Å². The molecule has 0 radical (unpaired) electrons. The molecule has 21 heavy (non-hydrogen) atoms. The van der Waals surface area contributed by atoms with Gasteiger partial charge < -0.3 is 14.2 Å². The summed E-state index contributed by atoms with van der Waals surface area (Å²) in [6.45, 7) is 4.80. The van der Waals surface area contributed by atoms with Gasteiger partial charge in [0.05, 0.1) is 7.11 Å². The summed E-state index contributed by atoms with van der Waals surface area (Å²) in [6, 6.07) is 6.84. The van der Waals surface area contributed by atoms with Gasteiger partial charge in [-0.25, -0.2) is 4.79 Å². The maximum Gasteiger partial charge on any atom is 0.376 e. The molecule has 1 atom stereocenters. The average molecular weight is 315 g/mol. The molecule has 0 saturated carbocycles. The number of ether oxygens (including phenoxy) is 3. The maximum atomic E-state index is 11.6. The highest BCUT2D eigenvalue weighted by Gasteiger charge is 2.25. The maximum absolute atomic E-state index is 11.6. The molecular formula is C15H19ClO5. The van der Waals surface area contributed by atoms with Gasteiger partial charge in [0, 0.05) is 18.8 Å². The highest BCUT2D eigenvalue weighted by molar-refractivity contribution is 6.47. The summed E-state index contributed by atoms with van der Waals surface area (Å²) in [7, 11) is 1.14. The predicted octanol–water partition coefficient (Wildman–Crippen LogP) is 2.78. The van der Waals surface area contributed by atoms with Crippen LogP contribution in [-0.2, 0) is 23.8 Å². The lowest BCUT2D eigenvalue weighted by atomic mass is 10.1. The second-order valence-corrected chi connectivity index (χ2v) is 4.56. The van der Waals surface area contributed by atoms with E-state index in [0.29, 0.717) is 18.8 Å². The van der Waals surface area contributed by atoms with Crippen LogP contribution >= 0.6 is 11.6 Å². The molecule has 1 aromatic rings. The smallest absolute Gasteiger partial charge is 0.376 e. The number of carbonyl (C=O) groups is 2. The Morgan fingerprint density at radius 3 is 1.95 bits per heavy atom. The Hall–Kier alpha value is -1.43. The molecule has 0 heterocycles. The number of alkyl halides is 1. The van der Waals surface area contributed by atoms with Gasteiger partial charge in [0.15, 0.2) is 6.29 Å². The number of ketones is 1. The van der Waals surface area contributed by atoms with Crippen LogP contribution in [0.15, 0.2) is 24.3 Å². The fourth-order valence-electron chi connectivity index (χ4n) is 1.72. The molecule has 0 N–H and O–H groups in total. The largest absolute Gasteiger partial charge is 0.463 e. The lowest BCUT2D eigenvalue weighted by Gasteiger charge is -2.17. The van der Waals surface area contributed by atoms with Crippen LogP contribution in [-0.4, -0.2) is 32.1 Å². The SMILES string of the molecule is CCOC(OCC)c1ccc(C(Cl)C(=O)C(=O)OC)cc1. The molecule has 0 amide bonds. The van der Waals surface area contributed by atoms with Crippen molar-refractivity contribution in [1.29, 1.82) is 0 Å². The summed E-state index contributed by atoms with van der Waals surface area (Å²) in [4.78, 5) is 22.8. The first-order chi connectivity index (χ1) is 10.0. The highest BCUT2D eigenvalue weighted by atomic mass is 35.5. The van der Waals surface area contributed by atoms with Gasteiger partial charge in [-0.15, -0.1) is 11.6 Å². The van der Waals surface area contributed by atoms with Crippen molar-refractivity contribution in [2.45, 2.75) is 25.5 Å². The highest BCUT2D eigenvalue weighted by Crippen LogP contribution is 2.25. The summed E-state index contributed by atoms with van der Waals surface area (Å²) in [6.07, 6.45) is -0.459. The second-order valence-electron chi connectivity index (χ2n) is 4.13. The Balaban J connectivity index is 2.85. The predicted molar refractivity (Wildman–Crippen MR) is 78.1 cm³/mol. The number of Topliss-reactive ketones (excluding diaryl/α,β-unsaturated/α-hetero) is 1. The van der Waals surface area contributed by atoms with Gasteiger partial charge >= 0.3 is 5.97 Å². The lowest BCUT2D eigenvalue weighted by molar-refractivity contribution is -0.151. The number of hydrogen-bond acceptors (Lipinski definition) is 5.